The summed E-state index contributed by atoms with van der Waals surface area (Å²) in [5.74, 6) is 0.330. The quantitative estimate of drug-likeness (QED) is 0.764. The van der Waals surface area contributed by atoms with E-state index in [0.717, 1.165) is 11.1 Å². The number of hydrogen-bond acceptors (Lipinski definition) is 4. The molecule has 0 saturated carbocycles. The maximum absolute atomic E-state index is 12.2. The summed E-state index contributed by atoms with van der Waals surface area (Å²) in [5, 5.41) is 10.8. The minimum Gasteiger partial charge on any atom is -0.506 e. The molecule has 0 unspecified atom stereocenters. The average molecular weight is 404 g/mol. The Balaban J connectivity index is 1.92. The third kappa shape index (κ3) is 3.39. The van der Waals surface area contributed by atoms with E-state index in [-0.39, 0.29) is 11.7 Å². The van der Waals surface area contributed by atoms with Crippen LogP contribution < -0.4 is 4.74 Å². The van der Waals surface area contributed by atoms with Gasteiger partial charge in [-0.15, -0.1) is 0 Å². The van der Waals surface area contributed by atoms with Crippen molar-refractivity contribution < 1.29 is 14.6 Å². The minimum absolute atomic E-state index is 0.0560. The number of ether oxygens (including phenoxy) is 1. The highest BCUT2D eigenvalue weighted by Crippen LogP contribution is 2.37. The molecule has 0 atom stereocenters. The summed E-state index contributed by atoms with van der Waals surface area (Å²) in [5.41, 5.74) is 2.55. The molecule has 0 spiro atoms. The van der Waals surface area contributed by atoms with E-state index < -0.39 is 0 Å². The molecule has 0 saturated heterocycles. The normalized spacial score (nSPS) is 15.7. The Morgan fingerprint density at radius 2 is 1.96 bits per heavy atom. The van der Waals surface area contributed by atoms with E-state index in [2.05, 4.69) is 20.9 Å². The summed E-state index contributed by atoms with van der Waals surface area (Å²) in [6.45, 7) is 2.01. The zero-order valence-corrected chi connectivity index (χ0v) is 15.4. The van der Waals surface area contributed by atoms with Crippen molar-refractivity contribution in [3.8, 4) is 11.5 Å². The summed E-state index contributed by atoms with van der Waals surface area (Å²) in [6, 6.07) is 11.2. The summed E-state index contributed by atoms with van der Waals surface area (Å²) >= 11 is 4.57. The number of thioether (sulfide) groups is 1. The lowest BCUT2D eigenvalue weighted by atomic mass is 10.1. The van der Waals surface area contributed by atoms with Crippen molar-refractivity contribution in [3.63, 3.8) is 0 Å². The van der Waals surface area contributed by atoms with Crippen LogP contribution in [0.15, 0.2) is 50.8 Å². The fourth-order valence-corrected chi connectivity index (χ4v) is 3.56. The van der Waals surface area contributed by atoms with E-state index in [1.54, 1.807) is 25.3 Å². The van der Waals surface area contributed by atoms with Crippen LogP contribution in [-0.4, -0.2) is 23.2 Å². The highest BCUT2D eigenvalue weighted by molar-refractivity contribution is 9.10. The minimum atomic E-state index is -0.311. The molecule has 0 fully saturated rings. The monoisotopic (exact) mass is 403 g/mol. The second kappa shape index (κ2) is 6.83. The SMILES string of the molecule is COc1cc(Br)c(O)c(/C=C2/SC(c3ccc(C)cc3)=NC2=O)c1. The van der Waals surface area contributed by atoms with Crippen molar-refractivity contribution in [2.24, 2.45) is 4.99 Å². The molecule has 1 amide bonds. The molecule has 1 heterocycles. The smallest absolute Gasteiger partial charge is 0.284 e. The van der Waals surface area contributed by atoms with Gasteiger partial charge in [-0.25, -0.2) is 4.99 Å². The lowest BCUT2D eigenvalue weighted by Gasteiger charge is -2.07. The molecule has 4 nitrogen and oxygen atoms in total. The third-order valence-electron chi connectivity index (χ3n) is 3.51. The van der Waals surface area contributed by atoms with E-state index in [4.69, 9.17) is 4.74 Å². The summed E-state index contributed by atoms with van der Waals surface area (Å²) in [6.07, 6.45) is 1.63. The van der Waals surface area contributed by atoms with Crippen LogP contribution in [0.2, 0.25) is 0 Å². The largest absolute Gasteiger partial charge is 0.506 e. The molecule has 0 aliphatic carbocycles. The van der Waals surface area contributed by atoms with Gasteiger partial charge in [0.2, 0.25) is 0 Å². The van der Waals surface area contributed by atoms with Crippen molar-refractivity contribution >= 4 is 44.7 Å². The number of amides is 1. The molecular weight excluding hydrogens is 390 g/mol. The Hall–Kier alpha value is -2.05. The number of carbonyl (C=O) groups is 1. The number of rotatable bonds is 3. The summed E-state index contributed by atoms with van der Waals surface area (Å²) in [7, 11) is 1.55. The number of benzene rings is 2. The maximum Gasteiger partial charge on any atom is 0.284 e. The molecule has 3 rings (SSSR count). The highest BCUT2D eigenvalue weighted by atomic mass is 79.9. The van der Waals surface area contributed by atoms with Gasteiger partial charge in [0, 0.05) is 11.1 Å². The maximum atomic E-state index is 12.2. The van der Waals surface area contributed by atoms with Crippen LogP contribution in [0.5, 0.6) is 11.5 Å². The molecule has 2 aromatic rings. The first-order chi connectivity index (χ1) is 11.5. The zero-order valence-electron chi connectivity index (χ0n) is 13.0. The molecular formula is C18H14BrNO3S. The van der Waals surface area contributed by atoms with Gasteiger partial charge in [-0.05, 0) is 41.1 Å². The number of phenols is 1. The number of nitrogens with zero attached hydrogens (tertiary/aromatic N) is 1. The van der Waals surface area contributed by atoms with Gasteiger partial charge >= 0.3 is 0 Å². The highest BCUT2D eigenvalue weighted by Gasteiger charge is 2.23. The standard InChI is InChI=1S/C18H14BrNO3S/c1-10-3-5-11(6-4-10)18-20-17(22)15(24-18)8-12-7-13(23-2)9-14(19)16(12)21/h3-9,21H,1-2H3/b15-8+. The summed E-state index contributed by atoms with van der Waals surface area (Å²) in [4.78, 5) is 16.7. The van der Waals surface area contributed by atoms with E-state index in [0.29, 0.717) is 25.7 Å². The van der Waals surface area contributed by atoms with Crippen molar-refractivity contribution in [2.75, 3.05) is 7.11 Å². The lowest BCUT2D eigenvalue weighted by Crippen LogP contribution is -1.90. The van der Waals surface area contributed by atoms with E-state index in [9.17, 15) is 9.90 Å². The van der Waals surface area contributed by atoms with Crippen molar-refractivity contribution in [2.45, 2.75) is 6.92 Å². The average Bonchev–Trinajstić information content (AvgIpc) is 2.93. The van der Waals surface area contributed by atoms with Crippen molar-refractivity contribution in [1.82, 2.24) is 0 Å². The first-order valence-corrected chi connectivity index (χ1v) is 8.75. The van der Waals surface area contributed by atoms with Gasteiger partial charge in [-0.2, -0.15) is 0 Å². The first kappa shape index (κ1) is 16.8. The van der Waals surface area contributed by atoms with Crippen molar-refractivity contribution in [1.29, 1.82) is 0 Å². The number of aryl methyl sites for hydroxylation is 1. The molecule has 24 heavy (non-hydrogen) atoms. The van der Waals surface area contributed by atoms with Crippen LogP contribution in [-0.2, 0) is 4.79 Å². The van der Waals surface area contributed by atoms with Gasteiger partial charge in [0.25, 0.3) is 5.91 Å². The number of aromatic hydroxyl groups is 1. The molecule has 1 aliphatic rings. The van der Waals surface area contributed by atoms with Gasteiger partial charge in [-0.3, -0.25) is 4.79 Å². The molecule has 122 valence electrons. The molecule has 0 bridgehead atoms. The third-order valence-corrected chi connectivity index (χ3v) is 5.14. The Morgan fingerprint density at radius 1 is 1.25 bits per heavy atom. The fourth-order valence-electron chi connectivity index (χ4n) is 2.19. The van der Waals surface area contributed by atoms with E-state index >= 15 is 0 Å². The van der Waals surface area contributed by atoms with Crippen molar-refractivity contribution in [3.05, 3.63) is 62.5 Å². The van der Waals surface area contributed by atoms with Gasteiger partial charge in [0.15, 0.2) is 0 Å². The second-order valence-corrected chi connectivity index (χ2v) is 7.13. The Labute approximate surface area is 152 Å². The van der Waals surface area contributed by atoms with Crippen LogP contribution >= 0.6 is 27.7 Å². The Kier molecular flexibility index (Phi) is 4.78. The summed E-state index contributed by atoms with van der Waals surface area (Å²) < 4.78 is 5.70. The van der Waals surface area contributed by atoms with Crippen LogP contribution in [0.3, 0.4) is 0 Å². The van der Waals surface area contributed by atoms with Gasteiger partial charge in [0.05, 0.1) is 16.5 Å². The number of aliphatic imine (C=N–C) groups is 1. The molecule has 0 radical (unpaired) electrons. The van der Waals surface area contributed by atoms with Gasteiger partial charge in [-0.1, -0.05) is 41.6 Å². The molecule has 0 aromatic heterocycles. The van der Waals surface area contributed by atoms with Gasteiger partial charge < -0.3 is 9.84 Å². The van der Waals surface area contributed by atoms with Crippen LogP contribution in [0.25, 0.3) is 6.08 Å². The lowest BCUT2D eigenvalue weighted by molar-refractivity contribution is -0.113. The predicted octanol–water partition coefficient (Wildman–Crippen LogP) is 4.53. The van der Waals surface area contributed by atoms with Crippen LogP contribution in [0, 0.1) is 6.92 Å². The number of phenolic OH excluding ortho intramolecular Hbond substituents is 1. The number of carbonyl (C=O) groups excluding carboxylic acids is 1. The molecule has 6 heteroatoms. The topological polar surface area (TPSA) is 58.9 Å². The molecule has 1 aliphatic heterocycles. The zero-order chi connectivity index (χ0) is 17.3. The molecule has 1 N–H and O–H groups in total. The van der Waals surface area contributed by atoms with Crippen LogP contribution in [0.4, 0.5) is 0 Å². The predicted molar refractivity (Wildman–Crippen MR) is 101 cm³/mol. The van der Waals surface area contributed by atoms with E-state index in [1.165, 1.54) is 11.8 Å². The van der Waals surface area contributed by atoms with E-state index in [1.807, 2.05) is 31.2 Å². The fraction of sp³-hybridized carbons (Fsp3) is 0.111. The second-order valence-electron chi connectivity index (χ2n) is 5.25. The Morgan fingerprint density at radius 3 is 2.62 bits per heavy atom. The Bertz CT molecular complexity index is 873. The molecule has 2 aromatic carbocycles. The number of hydrogen-bond donors (Lipinski definition) is 1. The van der Waals surface area contributed by atoms with Crippen LogP contribution in [0.1, 0.15) is 16.7 Å². The van der Waals surface area contributed by atoms with Gasteiger partial charge in [0.1, 0.15) is 16.5 Å². The number of methoxy groups -OCH3 is 1. The first-order valence-electron chi connectivity index (χ1n) is 7.14. The number of halogens is 1.